The molecule has 0 N–H and O–H groups in total. The Hall–Kier alpha value is 1.74. The summed E-state index contributed by atoms with van der Waals surface area (Å²) < 4.78 is -1.66. The van der Waals surface area contributed by atoms with E-state index < -0.39 is 4.33 Å². The standard InChI is InChI=1S/C3Cl6/c4-1(5)3(8,9)2(6)7. The van der Waals surface area contributed by atoms with Crippen LogP contribution in [0.3, 0.4) is 0 Å². The Balaban J connectivity index is 4.01. The average Bonchev–Trinajstić information content (AvgIpc) is 1.65. The van der Waals surface area contributed by atoms with Crippen LogP contribution >= 0.6 is 69.6 Å². The number of halogens is 6. The normalized spacial score (nSPS) is 13.3. The zero-order valence-corrected chi connectivity index (χ0v) is 8.30. The van der Waals surface area contributed by atoms with Crippen LogP contribution in [0.2, 0.25) is 0 Å². The quantitative estimate of drug-likeness (QED) is 0.646. The van der Waals surface area contributed by atoms with Gasteiger partial charge in [0.2, 0.25) is 0 Å². The molecular weight excluding hydrogens is 249 g/mol. The molecule has 0 amide bonds. The third-order valence-electron chi connectivity index (χ3n) is 0.475. The van der Waals surface area contributed by atoms with Gasteiger partial charge in [0.15, 0.2) is 14.0 Å². The lowest BCUT2D eigenvalue weighted by Gasteiger charge is -2.18. The summed E-state index contributed by atoms with van der Waals surface area (Å²) >= 11 is 31.5. The molecule has 0 aromatic heterocycles. The zero-order chi connectivity index (χ0) is 7.65. The van der Waals surface area contributed by atoms with Gasteiger partial charge in [-0.3, -0.25) is 0 Å². The minimum absolute atomic E-state index is 0.300. The van der Waals surface area contributed by atoms with Crippen LogP contribution in [0.1, 0.15) is 0 Å². The molecule has 0 aliphatic carbocycles. The van der Waals surface area contributed by atoms with E-state index in [1.54, 1.807) is 0 Å². The largest absolute Gasteiger partial charge is 0.189 e. The molecule has 0 atom stereocenters. The molecule has 0 nitrogen and oxygen atoms in total. The summed E-state index contributed by atoms with van der Waals surface area (Å²) in [6, 6.07) is 0. The molecular formula is C3Cl6. The Labute approximate surface area is 83.3 Å². The average molecular weight is 249 g/mol. The lowest BCUT2D eigenvalue weighted by molar-refractivity contribution is 1.13. The second kappa shape index (κ2) is 3.94. The Bertz CT molecular complexity index is 76.3. The van der Waals surface area contributed by atoms with Crippen LogP contribution in [-0.2, 0) is 0 Å². The molecule has 0 fully saturated rings. The molecule has 0 aromatic rings. The third kappa shape index (κ3) is 3.09. The van der Waals surface area contributed by atoms with E-state index in [0.29, 0.717) is 0 Å². The van der Waals surface area contributed by atoms with Crippen LogP contribution in [0.5, 0.6) is 0 Å². The topological polar surface area (TPSA) is 0 Å². The summed E-state index contributed by atoms with van der Waals surface area (Å²) in [6.45, 7) is 0. The molecule has 0 rings (SSSR count). The van der Waals surface area contributed by atoms with E-state index in [-0.39, 0.29) is 9.67 Å². The molecule has 0 saturated carbocycles. The molecule has 0 aliphatic heterocycles. The van der Waals surface area contributed by atoms with E-state index in [2.05, 4.69) is 0 Å². The first-order chi connectivity index (χ1) is 3.89. The Morgan fingerprint density at radius 3 is 1.00 bits per heavy atom. The lowest BCUT2D eigenvalue weighted by atomic mass is 10.5. The van der Waals surface area contributed by atoms with Crippen molar-refractivity contribution in [3.63, 3.8) is 0 Å². The summed E-state index contributed by atoms with van der Waals surface area (Å²) in [5.74, 6) is 0. The molecule has 0 unspecified atom stereocenters. The van der Waals surface area contributed by atoms with Gasteiger partial charge < -0.3 is 0 Å². The van der Waals surface area contributed by atoms with Gasteiger partial charge >= 0.3 is 0 Å². The van der Waals surface area contributed by atoms with Gasteiger partial charge in [0, 0.05) is 0 Å². The van der Waals surface area contributed by atoms with E-state index in [4.69, 9.17) is 69.6 Å². The molecule has 2 radical (unpaired) electrons. The van der Waals surface area contributed by atoms with Crippen molar-refractivity contribution < 1.29 is 0 Å². The summed E-state index contributed by atoms with van der Waals surface area (Å²) in [5.41, 5.74) is 0. The smallest absolute Gasteiger partial charge is 0.0946 e. The SMILES string of the molecule is Cl[C](Cl)C(Cl)(Cl)[C](Cl)Cl. The first-order valence-electron chi connectivity index (χ1n) is 1.63. The molecule has 54 valence electrons. The Morgan fingerprint density at radius 2 is 1.00 bits per heavy atom. The maximum atomic E-state index is 5.37. The highest BCUT2D eigenvalue weighted by molar-refractivity contribution is 6.73. The second-order valence-corrected chi connectivity index (χ2v) is 4.32. The van der Waals surface area contributed by atoms with Crippen molar-refractivity contribution in [1.82, 2.24) is 0 Å². The summed E-state index contributed by atoms with van der Waals surface area (Å²) in [7, 11) is 0. The van der Waals surface area contributed by atoms with Crippen molar-refractivity contribution in [3.8, 4) is 0 Å². The summed E-state index contributed by atoms with van der Waals surface area (Å²) in [4.78, 5) is -0.600. The van der Waals surface area contributed by atoms with Crippen molar-refractivity contribution in [2.24, 2.45) is 0 Å². The van der Waals surface area contributed by atoms with Crippen LogP contribution < -0.4 is 0 Å². The van der Waals surface area contributed by atoms with Crippen LogP contribution in [0.15, 0.2) is 0 Å². The molecule has 6 heteroatoms. The maximum absolute atomic E-state index is 5.37. The van der Waals surface area contributed by atoms with Crippen LogP contribution in [0.25, 0.3) is 0 Å². The van der Waals surface area contributed by atoms with E-state index in [1.807, 2.05) is 0 Å². The number of hydrogen-bond donors (Lipinski definition) is 0. The van der Waals surface area contributed by atoms with E-state index in [1.165, 1.54) is 0 Å². The predicted octanol–water partition coefficient (Wildman–Crippen LogP) is 4.09. The van der Waals surface area contributed by atoms with Crippen molar-refractivity contribution >= 4 is 69.6 Å². The number of rotatable bonds is 2. The van der Waals surface area contributed by atoms with Gasteiger partial charge in [0.05, 0.1) is 0 Å². The molecule has 0 bridgehead atoms. The Morgan fingerprint density at radius 1 is 0.778 bits per heavy atom. The number of hydrogen-bond acceptors (Lipinski definition) is 0. The van der Waals surface area contributed by atoms with Gasteiger partial charge in [-0.1, -0.05) is 69.6 Å². The Kier molecular flexibility index (Phi) is 4.70. The van der Waals surface area contributed by atoms with Gasteiger partial charge in [-0.15, -0.1) is 0 Å². The van der Waals surface area contributed by atoms with Crippen LogP contribution in [-0.4, -0.2) is 4.33 Å². The fourth-order valence-corrected chi connectivity index (χ4v) is 0.643. The van der Waals surface area contributed by atoms with Crippen LogP contribution in [0.4, 0.5) is 0 Å². The monoisotopic (exact) mass is 246 g/mol. The van der Waals surface area contributed by atoms with E-state index >= 15 is 0 Å². The molecule has 0 aromatic carbocycles. The van der Waals surface area contributed by atoms with E-state index in [9.17, 15) is 0 Å². The predicted molar refractivity (Wildman–Crippen MR) is 44.3 cm³/mol. The highest BCUT2D eigenvalue weighted by Crippen LogP contribution is 2.48. The van der Waals surface area contributed by atoms with Gasteiger partial charge in [0.1, 0.15) is 0 Å². The van der Waals surface area contributed by atoms with Gasteiger partial charge in [-0.25, -0.2) is 0 Å². The fourth-order valence-electron chi connectivity index (χ4n) is 0.0714. The van der Waals surface area contributed by atoms with Crippen molar-refractivity contribution in [2.45, 2.75) is 4.33 Å². The summed E-state index contributed by atoms with van der Waals surface area (Å²) in [6.07, 6.45) is 0. The second-order valence-electron chi connectivity index (χ2n) is 1.10. The highest BCUT2D eigenvalue weighted by Gasteiger charge is 2.41. The molecule has 9 heavy (non-hydrogen) atoms. The minimum Gasteiger partial charge on any atom is -0.0946 e. The lowest BCUT2D eigenvalue weighted by Crippen LogP contribution is -2.18. The first kappa shape index (κ1) is 10.7. The van der Waals surface area contributed by atoms with Crippen molar-refractivity contribution in [1.29, 1.82) is 0 Å². The van der Waals surface area contributed by atoms with Gasteiger partial charge in [-0.2, -0.15) is 0 Å². The van der Waals surface area contributed by atoms with Gasteiger partial charge in [0.25, 0.3) is 0 Å². The van der Waals surface area contributed by atoms with Gasteiger partial charge in [-0.05, 0) is 0 Å². The summed E-state index contributed by atoms with van der Waals surface area (Å²) in [5, 5.41) is 0. The first-order valence-corrected chi connectivity index (χ1v) is 3.90. The number of alkyl halides is 2. The molecule has 0 spiro atoms. The van der Waals surface area contributed by atoms with E-state index in [0.717, 1.165) is 0 Å². The van der Waals surface area contributed by atoms with Crippen molar-refractivity contribution in [2.75, 3.05) is 0 Å². The zero-order valence-electron chi connectivity index (χ0n) is 3.77. The molecule has 0 saturated heterocycles. The highest BCUT2D eigenvalue weighted by atomic mass is 35.5. The molecule has 0 aliphatic rings. The van der Waals surface area contributed by atoms with Crippen molar-refractivity contribution in [3.05, 3.63) is 9.67 Å². The molecule has 0 heterocycles. The minimum atomic E-state index is -1.66. The maximum Gasteiger partial charge on any atom is 0.189 e. The fraction of sp³-hybridized carbons (Fsp3) is 0.333. The third-order valence-corrected chi connectivity index (χ3v) is 3.14. The van der Waals surface area contributed by atoms with Crippen LogP contribution in [0, 0.1) is 9.67 Å².